The highest BCUT2D eigenvalue weighted by Crippen LogP contribution is 2.25. The topological polar surface area (TPSA) is 32.3 Å². The second kappa shape index (κ2) is 7.82. The summed E-state index contributed by atoms with van der Waals surface area (Å²) in [6.07, 6.45) is -0.255. The Bertz CT molecular complexity index is 354. The molecular weight excluding hydrogens is 242 g/mol. The zero-order chi connectivity index (χ0) is 13.5. The van der Waals surface area contributed by atoms with E-state index in [2.05, 4.69) is 50.4 Å². The van der Waals surface area contributed by atoms with Gasteiger partial charge in [-0.15, -0.1) is 0 Å². The molecule has 0 spiro atoms. The minimum absolute atomic E-state index is 0.255. The molecule has 0 saturated heterocycles. The molecular formula is C15H25NOS. The summed E-state index contributed by atoms with van der Waals surface area (Å²) in [5.74, 6) is 0.991. The van der Waals surface area contributed by atoms with E-state index in [0.29, 0.717) is 6.04 Å². The van der Waals surface area contributed by atoms with E-state index in [-0.39, 0.29) is 11.4 Å². The number of benzene rings is 1. The minimum atomic E-state index is -0.255. The van der Waals surface area contributed by atoms with Gasteiger partial charge in [-0.1, -0.05) is 38.1 Å². The summed E-state index contributed by atoms with van der Waals surface area (Å²) < 4.78 is 0. The van der Waals surface area contributed by atoms with Crippen LogP contribution in [-0.2, 0) is 0 Å². The van der Waals surface area contributed by atoms with Crippen LogP contribution < -0.4 is 5.32 Å². The van der Waals surface area contributed by atoms with Gasteiger partial charge in [0.05, 0.1) is 6.10 Å². The number of hydrogen-bond donors (Lipinski definition) is 2. The Labute approximate surface area is 115 Å². The molecule has 1 rings (SSSR count). The molecule has 0 heterocycles. The standard InChI is InChI=1S/C15H25NOS/c1-5-16-15(10-18-13(4)12(3)17)14-9-7-6-8-11(14)2/h6-9,12-13,15-17H,5,10H2,1-4H3. The minimum Gasteiger partial charge on any atom is -0.392 e. The van der Waals surface area contributed by atoms with Crippen LogP contribution in [0.25, 0.3) is 0 Å². The van der Waals surface area contributed by atoms with Gasteiger partial charge in [0.2, 0.25) is 0 Å². The molecule has 102 valence electrons. The zero-order valence-electron chi connectivity index (χ0n) is 11.8. The van der Waals surface area contributed by atoms with Crippen molar-refractivity contribution in [1.29, 1.82) is 0 Å². The second-order valence-corrected chi connectivity index (χ2v) is 6.16. The van der Waals surface area contributed by atoms with Crippen molar-refractivity contribution in [2.24, 2.45) is 0 Å². The highest BCUT2D eigenvalue weighted by molar-refractivity contribution is 7.99. The Morgan fingerprint density at radius 3 is 2.50 bits per heavy atom. The van der Waals surface area contributed by atoms with Gasteiger partial charge in [-0.25, -0.2) is 0 Å². The first kappa shape index (κ1) is 15.5. The van der Waals surface area contributed by atoms with E-state index >= 15 is 0 Å². The van der Waals surface area contributed by atoms with Crippen molar-refractivity contribution in [3.63, 3.8) is 0 Å². The van der Waals surface area contributed by atoms with E-state index in [1.54, 1.807) is 0 Å². The van der Waals surface area contributed by atoms with Crippen molar-refractivity contribution < 1.29 is 5.11 Å². The van der Waals surface area contributed by atoms with Crippen molar-refractivity contribution in [2.45, 2.75) is 45.1 Å². The summed E-state index contributed by atoms with van der Waals surface area (Å²) in [4.78, 5) is 0. The van der Waals surface area contributed by atoms with Crippen LogP contribution in [-0.4, -0.2) is 28.8 Å². The fourth-order valence-electron chi connectivity index (χ4n) is 1.87. The van der Waals surface area contributed by atoms with Gasteiger partial charge in [0, 0.05) is 17.0 Å². The normalized spacial score (nSPS) is 16.3. The van der Waals surface area contributed by atoms with Gasteiger partial charge in [-0.2, -0.15) is 11.8 Å². The number of nitrogens with one attached hydrogen (secondary N) is 1. The van der Waals surface area contributed by atoms with Gasteiger partial charge in [-0.3, -0.25) is 0 Å². The first-order valence-electron chi connectivity index (χ1n) is 6.64. The van der Waals surface area contributed by atoms with E-state index in [9.17, 15) is 5.11 Å². The molecule has 0 radical (unpaired) electrons. The molecule has 18 heavy (non-hydrogen) atoms. The van der Waals surface area contributed by atoms with Crippen LogP contribution in [0.2, 0.25) is 0 Å². The van der Waals surface area contributed by atoms with Crippen molar-refractivity contribution in [3.8, 4) is 0 Å². The summed E-state index contributed by atoms with van der Waals surface area (Å²) in [6, 6.07) is 8.88. The Balaban J connectivity index is 2.68. The van der Waals surface area contributed by atoms with E-state index in [1.165, 1.54) is 11.1 Å². The first-order chi connectivity index (χ1) is 8.56. The molecule has 2 nitrogen and oxygen atoms in total. The second-order valence-electron chi connectivity index (χ2n) is 4.75. The molecule has 0 fully saturated rings. The Morgan fingerprint density at radius 1 is 1.28 bits per heavy atom. The van der Waals surface area contributed by atoms with Crippen LogP contribution in [0.4, 0.5) is 0 Å². The van der Waals surface area contributed by atoms with Gasteiger partial charge in [0.15, 0.2) is 0 Å². The molecule has 3 unspecified atom stereocenters. The maximum absolute atomic E-state index is 9.55. The molecule has 1 aromatic carbocycles. The van der Waals surface area contributed by atoms with Crippen LogP contribution in [0.5, 0.6) is 0 Å². The summed E-state index contributed by atoms with van der Waals surface area (Å²) >= 11 is 1.82. The van der Waals surface area contributed by atoms with Crippen LogP contribution in [0.15, 0.2) is 24.3 Å². The molecule has 1 aromatic rings. The largest absolute Gasteiger partial charge is 0.392 e. The van der Waals surface area contributed by atoms with Crippen LogP contribution in [0.3, 0.4) is 0 Å². The number of thioether (sulfide) groups is 1. The summed E-state index contributed by atoms with van der Waals surface area (Å²) in [6.45, 7) is 9.18. The highest BCUT2D eigenvalue weighted by atomic mass is 32.2. The maximum atomic E-state index is 9.55. The average molecular weight is 267 g/mol. The predicted molar refractivity (Wildman–Crippen MR) is 81.2 cm³/mol. The van der Waals surface area contributed by atoms with Crippen molar-refractivity contribution in [3.05, 3.63) is 35.4 Å². The lowest BCUT2D eigenvalue weighted by Crippen LogP contribution is -2.26. The van der Waals surface area contributed by atoms with Gasteiger partial charge in [0.1, 0.15) is 0 Å². The fourth-order valence-corrected chi connectivity index (χ4v) is 2.94. The van der Waals surface area contributed by atoms with E-state index in [0.717, 1.165) is 12.3 Å². The van der Waals surface area contributed by atoms with Crippen LogP contribution in [0.1, 0.15) is 37.9 Å². The average Bonchev–Trinajstić information content (AvgIpc) is 2.35. The van der Waals surface area contributed by atoms with Crippen LogP contribution >= 0.6 is 11.8 Å². The van der Waals surface area contributed by atoms with E-state index in [4.69, 9.17) is 0 Å². The lowest BCUT2D eigenvalue weighted by Gasteiger charge is -2.22. The van der Waals surface area contributed by atoms with Crippen molar-refractivity contribution >= 4 is 11.8 Å². The lowest BCUT2D eigenvalue weighted by atomic mass is 10.0. The Hall–Kier alpha value is -0.510. The van der Waals surface area contributed by atoms with Crippen molar-refractivity contribution in [2.75, 3.05) is 12.3 Å². The van der Waals surface area contributed by atoms with Gasteiger partial charge in [0.25, 0.3) is 0 Å². The summed E-state index contributed by atoms with van der Waals surface area (Å²) in [5, 5.41) is 13.4. The fraction of sp³-hybridized carbons (Fsp3) is 0.600. The van der Waals surface area contributed by atoms with Crippen molar-refractivity contribution in [1.82, 2.24) is 5.32 Å². The third kappa shape index (κ3) is 4.63. The number of rotatable bonds is 7. The molecule has 0 aliphatic rings. The predicted octanol–water partition coefficient (Wildman–Crippen LogP) is 3.15. The molecule has 0 aliphatic carbocycles. The van der Waals surface area contributed by atoms with E-state index < -0.39 is 0 Å². The van der Waals surface area contributed by atoms with Crippen LogP contribution in [0, 0.1) is 6.92 Å². The lowest BCUT2D eigenvalue weighted by molar-refractivity contribution is 0.196. The third-order valence-corrected chi connectivity index (χ3v) is 4.66. The number of hydrogen-bond acceptors (Lipinski definition) is 3. The third-order valence-electron chi connectivity index (χ3n) is 3.22. The monoisotopic (exact) mass is 267 g/mol. The molecule has 0 amide bonds. The molecule has 3 atom stereocenters. The SMILES string of the molecule is CCNC(CSC(C)C(C)O)c1ccccc1C. The summed E-state index contributed by atoms with van der Waals surface area (Å²) in [7, 11) is 0. The molecule has 0 saturated carbocycles. The molecule has 0 aromatic heterocycles. The Kier molecular flexibility index (Phi) is 6.76. The molecule has 3 heteroatoms. The van der Waals surface area contributed by atoms with E-state index in [1.807, 2.05) is 18.7 Å². The molecule has 0 bridgehead atoms. The quantitative estimate of drug-likeness (QED) is 0.796. The van der Waals surface area contributed by atoms with Gasteiger partial charge >= 0.3 is 0 Å². The van der Waals surface area contributed by atoms with Gasteiger partial charge in [-0.05, 0) is 31.5 Å². The maximum Gasteiger partial charge on any atom is 0.0628 e. The number of aliphatic hydroxyl groups is 1. The number of aliphatic hydroxyl groups excluding tert-OH is 1. The smallest absolute Gasteiger partial charge is 0.0628 e. The summed E-state index contributed by atoms with van der Waals surface area (Å²) in [5.41, 5.74) is 2.69. The number of aryl methyl sites for hydroxylation is 1. The molecule has 0 aliphatic heterocycles. The zero-order valence-corrected chi connectivity index (χ0v) is 12.6. The highest BCUT2D eigenvalue weighted by Gasteiger charge is 2.16. The first-order valence-corrected chi connectivity index (χ1v) is 7.69. The Morgan fingerprint density at radius 2 is 1.94 bits per heavy atom. The molecule has 2 N–H and O–H groups in total. The van der Waals surface area contributed by atoms with Gasteiger partial charge < -0.3 is 10.4 Å².